The Bertz CT molecular complexity index is 476. The molecule has 0 spiro atoms. The molecule has 96 valence electrons. The number of sulfonamides is 1. The van der Waals surface area contributed by atoms with Gasteiger partial charge in [-0.3, -0.25) is 0 Å². The molecule has 17 heavy (non-hydrogen) atoms. The molecule has 0 amide bonds. The molecule has 1 aliphatic rings. The monoisotopic (exact) mass is 258 g/mol. The lowest BCUT2D eigenvalue weighted by Crippen LogP contribution is -2.42. The number of aromatic nitrogens is 2. The van der Waals surface area contributed by atoms with Crippen molar-refractivity contribution in [2.75, 3.05) is 6.54 Å². The number of rotatable bonds is 5. The van der Waals surface area contributed by atoms with Gasteiger partial charge in [-0.1, -0.05) is 6.92 Å². The van der Waals surface area contributed by atoms with Crippen LogP contribution < -0.4 is 10.5 Å². The summed E-state index contributed by atoms with van der Waals surface area (Å²) in [6.45, 7) is 2.37. The van der Waals surface area contributed by atoms with E-state index in [1.807, 2.05) is 6.92 Å². The molecule has 1 heterocycles. The van der Waals surface area contributed by atoms with E-state index >= 15 is 0 Å². The number of nitrogens with one attached hydrogen (secondary N) is 2. The van der Waals surface area contributed by atoms with Gasteiger partial charge >= 0.3 is 0 Å². The van der Waals surface area contributed by atoms with Crippen molar-refractivity contribution in [1.29, 1.82) is 0 Å². The summed E-state index contributed by atoms with van der Waals surface area (Å²) in [7, 11) is -3.45. The van der Waals surface area contributed by atoms with Crippen LogP contribution in [0.25, 0.3) is 0 Å². The smallest absolute Gasteiger partial charge is 0.257 e. The minimum absolute atomic E-state index is 0.137. The van der Waals surface area contributed by atoms with E-state index in [4.69, 9.17) is 5.73 Å². The summed E-state index contributed by atoms with van der Waals surface area (Å²) >= 11 is 0. The van der Waals surface area contributed by atoms with E-state index in [-0.39, 0.29) is 11.1 Å². The predicted octanol–water partition coefficient (Wildman–Crippen LogP) is -0.0123. The zero-order valence-electron chi connectivity index (χ0n) is 9.81. The van der Waals surface area contributed by atoms with Gasteiger partial charge in [0.25, 0.3) is 10.0 Å². The average Bonchev–Trinajstić information content (AvgIpc) is 2.72. The molecule has 6 nitrogen and oxygen atoms in total. The standard InChI is InChI=1S/C10H18N4O2S/c1-2-9-12-6-10(14-9)17(15,16)13-5-7-3-8(11)4-7/h6-8,13H,2-5,11H2,1H3,(H,12,14). The van der Waals surface area contributed by atoms with Gasteiger partial charge in [0.05, 0.1) is 6.20 Å². The Balaban J connectivity index is 1.94. The SMILES string of the molecule is CCc1ncc(S(=O)(=O)NCC2CC(N)C2)[nH]1. The molecule has 0 bridgehead atoms. The fraction of sp³-hybridized carbons (Fsp3) is 0.700. The summed E-state index contributed by atoms with van der Waals surface area (Å²) < 4.78 is 26.3. The molecule has 0 radical (unpaired) electrons. The molecule has 0 aromatic carbocycles. The molecule has 2 rings (SSSR count). The number of aromatic amines is 1. The second kappa shape index (κ2) is 4.75. The van der Waals surface area contributed by atoms with Gasteiger partial charge in [0.15, 0.2) is 5.03 Å². The molecule has 1 aliphatic carbocycles. The zero-order valence-corrected chi connectivity index (χ0v) is 10.6. The van der Waals surface area contributed by atoms with Crippen molar-refractivity contribution in [3.8, 4) is 0 Å². The highest BCUT2D eigenvalue weighted by Crippen LogP contribution is 2.24. The van der Waals surface area contributed by atoms with E-state index in [1.54, 1.807) is 0 Å². The summed E-state index contributed by atoms with van der Waals surface area (Å²) in [6.07, 6.45) is 3.83. The van der Waals surface area contributed by atoms with Crippen molar-refractivity contribution < 1.29 is 8.42 Å². The Morgan fingerprint density at radius 3 is 2.82 bits per heavy atom. The fourth-order valence-electron chi connectivity index (χ4n) is 1.92. The van der Waals surface area contributed by atoms with Crippen LogP contribution in [0.1, 0.15) is 25.6 Å². The first-order valence-electron chi connectivity index (χ1n) is 5.80. The Labute approximate surface area is 101 Å². The molecule has 0 unspecified atom stereocenters. The number of nitrogens with zero attached hydrogens (tertiary/aromatic N) is 1. The van der Waals surface area contributed by atoms with Gasteiger partial charge in [0, 0.05) is 19.0 Å². The average molecular weight is 258 g/mol. The first-order valence-corrected chi connectivity index (χ1v) is 7.28. The van der Waals surface area contributed by atoms with Crippen LogP contribution in [0.4, 0.5) is 0 Å². The fourth-order valence-corrected chi connectivity index (χ4v) is 2.97. The molecule has 0 saturated heterocycles. The first kappa shape index (κ1) is 12.5. The highest BCUT2D eigenvalue weighted by atomic mass is 32.2. The number of H-pyrrole nitrogens is 1. The number of nitrogens with two attached hydrogens (primary N) is 1. The lowest BCUT2D eigenvalue weighted by molar-refractivity contribution is 0.267. The Morgan fingerprint density at radius 2 is 2.29 bits per heavy atom. The van der Waals surface area contributed by atoms with Crippen molar-refractivity contribution in [2.45, 2.75) is 37.3 Å². The molecule has 0 aliphatic heterocycles. The van der Waals surface area contributed by atoms with E-state index in [9.17, 15) is 8.42 Å². The van der Waals surface area contributed by atoms with Gasteiger partial charge in [-0.15, -0.1) is 0 Å². The van der Waals surface area contributed by atoms with Gasteiger partial charge in [-0.05, 0) is 18.8 Å². The summed E-state index contributed by atoms with van der Waals surface area (Å²) in [5.41, 5.74) is 5.65. The third-order valence-electron chi connectivity index (χ3n) is 3.06. The number of hydrogen-bond acceptors (Lipinski definition) is 4. The van der Waals surface area contributed by atoms with Gasteiger partial charge in [-0.2, -0.15) is 0 Å². The van der Waals surface area contributed by atoms with Crippen molar-refractivity contribution in [3.05, 3.63) is 12.0 Å². The topological polar surface area (TPSA) is 101 Å². The minimum Gasteiger partial charge on any atom is -0.332 e. The van der Waals surface area contributed by atoms with Crippen LogP contribution in [0.5, 0.6) is 0 Å². The van der Waals surface area contributed by atoms with Gasteiger partial charge < -0.3 is 10.7 Å². The maximum atomic E-state index is 11.9. The van der Waals surface area contributed by atoms with Crippen LogP contribution in [-0.4, -0.2) is 31.0 Å². The van der Waals surface area contributed by atoms with Gasteiger partial charge in [0.2, 0.25) is 0 Å². The third-order valence-corrected chi connectivity index (χ3v) is 4.40. The van der Waals surface area contributed by atoms with Crippen LogP contribution >= 0.6 is 0 Å². The second-order valence-corrected chi connectivity index (χ2v) is 6.23. The quantitative estimate of drug-likeness (QED) is 0.691. The summed E-state index contributed by atoms with van der Waals surface area (Å²) in [6, 6.07) is 0.239. The molecule has 1 aromatic rings. The van der Waals surface area contributed by atoms with Gasteiger partial charge in [-0.25, -0.2) is 18.1 Å². The molecule has 4 N–H and O–H groups in total. The van der Waals surface area contributed by atoms with Crippen LogP contribution in [0.15, 0.2) is 11.2 Å². The Hall–Kier alpha value is -0.920. The summed E-state index contributed by atoms with van der Waals surface area (Å²) in [5, 5.41) is 0.137. The molecule has 1 aromatic heterocycles. The minimum atomic E-state index is -3.45. The Morgan fingerprint density at radius 1 is 1.59 bits per heavy atom. The van der Waals surface area contributed by atoms with E-state index in [2.05, 4.69) is 14.7 Å². The van der Waals surface area contributed by atoms with E-state index in [1.165, 1.54) is 6.20 Å². The van der Waals surface area contributed by atoms with Crippen molar-refractivity contribution >= 4 is 10.0 Å². The van der Waals surface area contributed by atoms with Crippen LogP contribution in [0, 0.1) is 5.92 Å². The first-order chi connectivity index (χ1) is 8.01. The van der Waals surface area contributed by atoms with E-state index in [0.717, 1.165) is 12.8 Å². The molecular formula is C10H18N4O2S. The maximum absolute atomic E-state index is 11.9. The van der Waals surface area contributed by atoms with Crippen LogP contribution in [0.3, 0.4) is 0 Å². The normalized spacial score (nSPS) is 24.6. The lowest BCUT2D eigenvalue weighted by atomic mass is 9.81. The molecule has 1 fully saturated rings. The highest BCUT2D eigenvalue weighted by molar-refractivity contribution is 7.89. The lowest BCUT2D eigenvalue weighted by Gasteiger charge is -2.32. The Kier molecular flexibility index (Phi) is 3.50. The number of hydrogen-bond donors (Lipinski definition) is 3. The number of imidazole rings is 1. The summed E-state index contributed by atoms with van der Waals surface area (Å²) in [4.78, 5) is 6.76. The molecular weight excluding hydrogens is 240 g/mol. The van der Waals surface area contributed by atoms with Crippen molar-refractivity contribution in [1.82, 2.24) is 14.7 Å². The zero-order chi connectivity index (χ0) is 12.5. The van der Waals surface area contributed by atoms with E-state index in [0.29, 0.717) is 24.7 Å². The maximum Gasteiger partial charge on any atom is 0.257 e. The van der Waals surface area contributed by atoms with Crippen LogP contribution in [-0.2, 0) is 16.4 Å². The summed E-state index contributed by atoms with van der Waals surface area (Å²) in [5.74, 6) is 1.05. The van der Waals surface area contributed by atoms with E-state index < -0.39 is 10.0 Å². The second-order valence-electron chi connectivity index (χ2n) is 4.50. The third kappa shape index (κ3) is 2.85. The molecule has 7 heteroatoms. The molecule has 0 atom stereocenters. The van der Waals surface area contributed by atoms with Gasteiger partial charge in [0.1, 0.15) is 5.82 Å². The number of aryl methyl sites for hydroxylation is 1. The molecule has 1 saturated carbocycles. The van der Waals surface area contributed by atoms with Crippen LogP contribution in [0.2, 0.25) is 0 Å². The largest absolute Gasteiger partial charge is 0.332 e. The van der Waals surface area contributed by atoms with Crippen molar-refractivity contribution in [2.24, 2.45) is 11.7 Å². The van der Waals surface area contributed by atoms with Crippen molar-refractivity contribution in [3.63, 3.8) is 0 Å². The predicted molar refractivity (Wildman–Crippen MR) is 63.9 cm³/mol. The highest BCUT2D eigenvalue weighted by Gasteiger charge is 2.27.